The minimum absolute atomic E-state index is 0.0664. The van der Waals surface area contributed by atoms with Gasteiger partial charge < -0.3 is 4.90 Å². The molecule has 0 aliphatic carbocycles. The van der Waals surface area contributed by atoms with Crippen LogP contribution >= 0.6 is 11.3 Å². The van der Waals surface area contributed by atoms with Crippen molar-refractivity contribution in [3.8, 4) is 0 Å². The van der Waals surface area contributed by atoms with Gasteiger partial charge in [-0.05, 0) is 0 Å². The zero-order valence-corrected chi connectivity index (χ0v) is 8.02. The number of carbonyl (C=O) groups excluding carboxylic acids is 1. The Kier molecular flexibility index (Phi) is 3.10. The van der Waals surface area contributed by atoms with Crippen LogP contribution in [0.2, 0.25) is 0 Å². The van der Waals surface area contributed by atoms with Gasteiger partial charge in [-0.1, -0.05) is 0 Å². The van der Waals surface area contributed by atoms with Gasteiger partial charge >= 0.3 is 6.18 Å². The minimum Gasteiger partial charge on any atom is -0.331 e. The van der Waals surface area contributed by atoms with Gasteiger partial charge in [0.2, 0.25) is 0 Å². The highest BCUT2D eigenvalue weighted by Gasteiger charge is 2.31. The predicted octanol–water partition coefficient (Wildman–Crippen LogP) is 1.78. The lowest BCUT2D eigenvalue weighted by molar-refractivity contribution is -0.138. The molecule has 0 aromatic carbocycles. The molecule has 1 aromatic heterocycles. The molecule has 0 aliphatic heterocycles. The van der Waals surface area contributed by atoms with Crippen LogP contribution in [0.15, 0.2) is 11.6 Å². The van der Waals surface area contributed by atoms with Gasteiger partial charge in [0.1, 0.15) is 6.54 Å². The number of aromatic nitrogens is 1. The van der Waals surface area contributed by atoms with Crippen molar-refractivity contribution in [1.29, 1.82) is 0 Å². The van der Waals surface area contributed by atoms with Gasteiger partial charge in [0, 0.05) is 18.6 Å². The molecule has 0 N–H and O–H groups in total. The van der Waals surface area contributed by atoms with E-state index in [9.17, 15) is 18.0 Å². The molecule has 0 bridgehead atoms. The molecule has 78 valence electrons. The smallest absolute Gasteiger partial charge is 0.331 e. The maximum atomic E-state index is 11.9. The van der Waals surface area contributed by atoms with Crippen LogP contribution in [0.25, 0.3) is 0 Å². The summed E-state index contributed by atoms with van der Waals surface area (Å²) in [6.45, 7) is -1.26. The highest BCUT2D eigenvalue weighted by Crippen LogP contribution is 2.17. The fraction of sp³-hybridized carbons (Fsp3) is 0.429. The molecule has 0 atom stereocenters. The fourth-order valence-corrected chi connectivity index (χ4v) is 1.46. The second kappa shape index (κ2) is 3.95. The first kappa shape index (κ1) is 11.0. The molecule has 1 aromatic rings. The summed E-state index contributed by atoms with van der Waals surface area (Å²) >= 11 is 1.02. The third-order valence-corrected chi connectivity index (χ3v) is 2.14. The number of hydrogen-bond acceptors (Lipinski definition) is 3. The summed E-state index contributed by atoms with van der Waals surface area (Å²) in [5.74, 6) is -0.711. The molecule has 0 aliphatic rings. The summed E-state index contributed by atoms with van der Waals surface area (Å²) in [5.41, 5.74) is 0. The van der Waals surface area contributed by atoms with Crippen molar-refractivity contribution in [3.05, 3.63) is 16.6 Å². The van der Waals surface area contributed by atoms with Crippen molar-refractivity contribution in [2.24, 2.45) is 0 Å². The third-order valence-electron chi connectivity index (χ3n) is 1.38. The van der Waals surface area contributed by atoms with E-state index in [0.29, 0.717) is 4.90 Å². The maximum Gasteiger partial charge on any atom is 0.406 e. The molecule has 3 nitrogen and oxygen atoms in total. The largest absolute Gasteiger partial charge is 0.406 e. The summed E-state index contributed by atoms with van der Waals surface area (Å²) in [5, 5.41) is 1.60. The third kappa shape index (κ3) is 2.99. The number of rotatable bonds is 2. The first-order chi connectivity index (χ1) is 6.40. The van der Waals surface area contributed by atoms with Crippen molar-refractivity contribution in [2.75, 3.05) is 13.6 Å². The van der Waals surface area contributed by atoms with Gasteiger partial charge in [-0.25, -0.2) is 4.98 Å². The highest BCUT2D eigenvalue weighted by atomic mass is 32.1. The molecule has 0 radical (unpaired) electrons. The lowest BCUT2D eigenvalue weighted by Gasteiger charge is -2.17. The van der Waals surface area contributed by atoms with Crippen LogP contribution in [-0.2, 0) is 0 Å². The Labute approximate surface area is 82.2 Å². The monoisotopic (exact) mass is 224 g/mol. The van der Waals surface area contributed by atoms with E-state index in [1.54, 1.807) is 0 Å². The number of amides is 1. The summed E-state index contributed by atoms with van der Waals surface area (Å²) in [6.07, 6.45) is -3.00. The lowest BCUT2D eigenvalue weighted by atomic mass is 10.5. The Balaban J connectivity index is 2.63. The fourth-order valence-electron chi connectivity index (χ4n) is 0.833. The van der Waals surface area contributed by atoms with E-state index < -0.39 is 18.6 Å². The molecule has 1 amide bonds. The van der Waals surface area contributed by atoms with Crippen molar-refractivity contribution in [2.45, 2.75) is 6.18 Å². The normalized spacial score (nSPS) is 11.4. The molecule has 14 heavy (non-hydrogen) atoms. The Bertz CT molecular complexity index is 309. The van der Waals surface area contributed by atoms with E-state index in [1.807, 2.05) is 0 Å². The first-order valence-electron chi connectivity index (χ1n) is 3.62. The van der Waals surface area contributed by atoms with Gasteiger partial charge in [-0.15, -0.1) is 11.3 Å². The van der Waals surface area contributed by atoms with Crippen molar-refractivity contribution in [1.82, 2.24) is 9.88 Å². The SMILES string of the molecule is CN(CC(F)(F)F)C(=O)c1nccs1. The highest BCUT2D eigenvalue weighted by molar-refractivity contribution is 7.11. The van der Waals surface area contributed by atoms with Crippen LogP contribution in [0.4, 0.5) is 13.2 Å². The van der Waals surface area contributed by atoms with E-state index in [-0.39, 0.29) is 5.01 Å². The van der Waals surface area contributed by atoms with E-state index >= 15 is 0 Å². The van der Waals surface area contributed by atoms with Crippen molar-refractivity contribution < 1.29 is 18.0 Å². The summed E-state index contributed by atoms with van der Waals surface area (Å²) in [7, 11) is 1.09. The molecule has 0 unspecified atom stereocenters. The number of halogens is 3. The van der Waals surface area contributed by atoms with Gasteiger partial charge in [0.15, 0.2) is 5.01 Å². The summed E-state index contributed by atoms with van der Waals surface area (Å²) in [4.78, 5) is 15.5. The predicted molar refractivity (Wildman–Crippen MR) is 45.1 cm³/mol. The van der Waals surface area contributed by atoms with Crippen LogP contribution in [-0.4, -0.2) is 35.6 Å². The summed E-state index contributed by atoms with van der Waals surface area (Å²) in [6, 6.07) is 0. The standard InChI is InChI=1S/C7H7F3N2OS/c1-12(4-7(8,9)10)6(13)5-11-2-3-14-5/h2-3H,4H2,1H3. The molecule has 0 spiro atoms. The van der Waals surface area contributed by atoms with E-state index in [1.165, 1.54) is 11.6 Å². The zero-order chi connectivity index (χ0) is 10.8. The lowest BCUT2D eigenvalue weighted by Crippen LogP contribution is -2.35. The quantitative estimate of drug-likeness (QED) is 0.767. The van der Waals surface area contributed by atoms with Crippen molar-refractivity contribution >= 4 is 17.2 Å². The van der Waals surface area contributed by atoms with Crippen LogP contribution < -0.4 is 0 Å². The van der Waals surface area contributed by atoms with E-state index in [4.69, 9.17) is 0 Å². The van der Waals surface area contributed by atoms with E-state index in [2.05, 4.69) is 4.98 Å². The molecular weight excluding hydrogens is 217 g/mol. The second-order valence-electron chi connectivity index (χ2n) is 2.61. The van der Waals surface area contributed by atoms with Crippen LogP contribution in [0.1, 0.15) is 9.80 Å². The Hall–Kier alpha value is -1.11. The Morgan fingerprint density at radius 1 is 1.64 bits per heavy atom. The number of hydrogen-bond donors (Lipinski definition) is 0. The average Bonchev–Trinajstić information content (AvgIpc) is 2.51. The van der Waals surface area contributed by atoms with Crippen LogP contribution in [0.3, 0.4) is 0 Å². The van der Waals surface area contributed by atoms with Gasteiger partial charge in [-0.3, -0.25) is 4.79 Å². The van der Waals surface area contributed by atoms with Gasteiger partial charge in [0.05, 0.1) is 0 Å². The molecule has 0 saturated heterocycles. The summed E-state index contributed by atoms with van der Waals surface area (Å²) < 4.78 is 35.7. The molecular formula is C7H7F3N2OS. The molecule has 0 fully saturated rings. The number of nitrogens with zero attached hydrogens (tertiary/aromatic N) is 2. The average molecular weight is 224 g/mol. The number of thiazole rings is 1. The molecule has 1 rings (SSSR count). The zero-order valence-electron chi connectivity index (χ0n) is 7.21. The topological polar surface area (TPSA) is 33.2 Å². The number of alkyl halides is 3. The second-order valence-corrected chi connectivity index (χ2v) is 3.51. The maximum absolute atomic E-state index is 11.9. The van der Waals surface area contributed by atoms with Crippen LogP contribution in [0.5, 0.6) is 0 Å². The van der Waals surface area contributed by atoms with Gasteiger partial charge in [-0.2, -0.15) is 13.2 Å². The van der Waals surface area contributed by atoms with Gasteiger partial charge in [0.25, 0.3) is 5.91 Å². The van der Waals surface area contributed by atoms with Crippen molar-refractivity contribution in [3.63, 3.8) is 0 Å². The Morgan fingerprint density at radius 3 is 2.71 bits per heavy atom. The molecule has 1 heterocycles. The van der Waals surface area contributed by atoms with E-state index in [0.717, 1.165) is 18.4 Å². The molecule has 0 saturated carbocycles. The first-order valence-corrected chi connectivity index (χ1v) is 4.50. The van der Waals surface area contributed by atoms with Crippen LogP contribution in [0, 0.1) is 0 Å². The molecule has 7 heteroatoms. The minimum atomic E-state index is -4.37. The Morgan fingerprint density at radius 2 is 2.29 bits per heavy atom. The number of carbonyl (C=O) groups is 1.